The Hall–Kier alpha value is -3.52. The fourth-order valence-electron chi connectivity index (χ4n) is 3.82. The van der Waals surface area contributed by atoms with E-state index in [1.54, 1.807) is 19.1 Å². The SMILES string of the molecule is Cc1ccc(N2C(=O)C[C@H]([NH2+]CCc3c[nH]c4ccccc34)C2=O)cc1[N+](=O)[O-]. The van der Waals surface area contributed by atoms with Crippen LogP contribution < -0.4 is 10.2 Å². The van der Waals surface area contributed by atoms with Gasteiger partial charge in [0.1, 0.15) is 0 Å². The Morgan fingerprint density at radius 1 is 1.24 bits per heavy atom. The maximum absolute atomic E-state index is 12.8. The van der Waals surface area contributed by atoms with Gasteiger partial charge in [-0.1, -0.05) is 24.3 Å². The van der Waals surface area contributed by atoms with Crippen molar-refractivity contribution in [2.24, 2.45) is 0 Å². The monoisotopic (exact) mass is 393 g/mol. The molecule has 0 spiro atoms. The Labute approximate surface area is 166 Å². The largest absolute Gasteiger partial charge is 0.361 e. The zero-order chi connectivity index (χ0) is 20.5. The molecule has 1 fully saturated rings. The molecule has 148 valence electrons. The number of nitro benzene ring substituents is 1. The van der Waals surface area contributed by atoms with Crippen molar-refractivity contribution in [2.75, 3.05) is 11.4 Å². The topological polar surface area (TPSA) is 113 Å². The number of carbonyl (C=O) groups is 2. The van der Waals surface area contributed by atoms with Crippen LogP contribution >= 0.6 is 0 Å². The molecule has 1 aliphatic rings. The molecule has 4 rings (SSSR count). The number of nitrogens with zero attached hydrogens (tertiary/aromatic N) is 2. The number of fused-ring (bicyclic) bond motifs is 1. The van der Waals surface area contributed by atoms with Crippen LogP contribution in [0.25, 0.3) is 10.9 Å². The molecule has 1 aromatic heterocycles. The number of rotatable bonds is 6. The van der Waals surface area contributed by atoms with Gasteiger partial charge >= 0.3 is 0 Å². The minimum atomic E-state index is -0.506. The lowest BCUT2D eigenvalue weighted by Crippen LogP contribution is -2.92. The predicted molar refractivity (Wildman–Crippen MR) is 108 cm³/mol. The van der Waals surface area contributed by atoms with Gasteiger partial charge in [0.15, 0.2) is 6.04 Å². The van der Waals surface area contributed by atoms with Gasteiger partial charge < -0.3 is 10.3 Å². The van der Waals surface area contributed by atoms with E-state index in [1.807, 2.05) is 29.7 Å². The van der Waals surface area contributed by atoms with Crippen molar-refractivity contribution in [3.63, 3.8) is 0 Å². The van der Waals surface area contributed by atoms with Crippen molar-refractivity contribution < 1.29 is 19.8 Å². The molecule has 1 atom stereocenters. The molecule has 29 heavy (non-hydrogen) atoms. The van der Waals surface area contributed by atoms with E-state index in [-0.39, 0.29) is 29.6 Å². The zero-order valence-electron chi connectivity index (χ0n) is 15.9. The van der Waals surface area contributed by atoms with Crippen LogP contribution in [0.1, 0.15) is 17.5 Å². The number of nitro groups is 1. The van der Waals surface area contributed by atoms with Gasteiger partial charge in [-0.25, -0.2) is 4.90 Å². The van der Waals surface area contributed by atoms with Crippen molar-refractivity contribution in [2.45, 2.75) is 25.8 Å². The number of aromatic amines is 1. The highest BCUT2D eigenvalue weighted by molar-refractivity contribution is 6.21. The first-order chi connectivity index (χ1) is 14.0. The van der Waals surface area contributed by atoms with Crippen LogP contribution in [0.15, 0.2) is 48.7 Å². The molecule has 0 saturated carbocycles. The molecule has 0 radical (unpaired) electrons. The zero-order valence-corrected chi connectivity index (χ0v) is 15.9. The van der Waals surface area contributed by atoms with E-state index in [4.69, 9.17) is 0 Å². The first kappa shape index (κ1) is 18.8. The maximum Gasteiger partial charge on any atom is 0.292 e. The number of nitrogens with two attached hydrogens (primary N) is 1. The number of aryl methyl sites for hydroxylation is 1. The van der Waals surface area contributed by atoms with E-state index in [0.717, 1.165) is 22.2 Å². The Morgan fingerprint density at radius 2 is 2.03 bits per heavy atom. The number of quaternary nitrogens is 1. The standard InChI is InChI=1S/C21H20N4O4/c1-13-6-7-15(10-19(13)25(28)29)24-20(26)11-18(21(24)27)22-9-8-14-12-23-17-5-3-2-4-16(14)17/h2-7,10,12,18,22-23H,8-9,11H2,1H3/p+1/t18-/m0/s1. The minimum absolute atomic E-state index is 0.0917. The van der Waals surface area contributed by atoms with Gasteiger partial charge in [0.05, 0.1) is 23.6 Å². The third-order valence-electron chi connectivity index (χ3n) is 5.37. The first-order valence-electron chi connectivity index (χ1n) is 9.46. The summed E-state index contributed by atoms with van der Waals surface area (Å²) in [4.78, 5) is 40.2. The Balaban J connectivity index is 1.44. The number of hydrogen-bond acceptors (Lipinski definition) is 4. The molecule has 2 amide bonds. The molecule has 3 N–H and O–H groups in total. The lowest BCUT2D eigenvalue weighted by Gasteiger charge is -2.14. The molecule has 8 heteroatoms. The number of anilines is 1. The molecule has 2 heterocycles. The quantitative estimate of drug-likeness (QED) is 0.378. The van der Waals surface area contributed by atoms with Crippen molar-refractivity contribution in [1.29, 1.82) is 0 Å². The summed E-state index contributed by atoms with van der Waals surface area (Å²) in [5.74, 6) is -0.659. The minimum Gasteiger partial charge on any atom is -0.361 e. The van der Waals surface area contributed by atoms with Gasteiger partial charge in [-0.2, -0.15) is 0 Å². The van der Waals surface area contributed by atoms with E-state index >= 15 is 0 Å². The third-order valence-corrected chi connectivity index (χ3v) is 5.37. The number of H-pyrrole nitrogens is 1. The van der Waals surface area contributed by atoms with E-state index in [0.29, 0.717) is 12.1 Å². The maximum atomic E-state index is 12.8. The van der Waals surface area contributed by atoms with Gasteiger partial charge in [-0.3, -0.25) is 19.7 Å². The average molecular weight is 393 g/mol. The number of hydrogen-bond donors (Lipinski definition) is 2. The number of imide groups is 1. The lowest BCUT2D eigenvalue weighted by molar-refractivity contribution is -0.674. The fraction of sp³-hybridized carbons (Fsp3) is 0.238. The summed E-state index contributed by atoms with van der Waals surface area (Å²) in [6.07, 6.45) is 2.82. The van der Waals surface area contributed by atoms with Gasteiger partial charge in [0, 0.05) is 35.2 Å². The number of aromatic nitrogens is 1. The molecule has 2 aromatic carbocycles. The van der Waals surface area contributed by atoms with Crippen LogP contribution in [0, 0.1) is 17.0 Å². The molecule has 0 bridgehead atoms. The van der Waals surface area contributed by atoms with Crippen molar-refractivity contribution in [3.8, 4) is 0 Å². The Bertz CT molecular complexity index is 1120. The van der Waals surface area contributed by atoms with Crippen LogP contribution in [-0.2, 0) is 16.0 Å². The van der Waals surface area contributed by atoms with Crippen LogP contribution in [0.4, 0.5) is 11.4 Å². The number of nitrogens with one attached hydrogen (secondary N) is 1. The summed E-state index contributed by atoms with van der Waals surface area (Å²) in [6.45, 7) is 2.28. The molecule has 1 saturated heterocycles. The number of carbonyl (C=O) groups excluding carboxylic acids is 2. The molecule has 0 aliphatic carbocycles. The van der Waals surface area contributed by atoms with Crippen molar-refractivity contribution in [3.05, 3.63) is 69.9 Å². The summed E-state index contributed by atoms with van der Waals surface area (Å²) < 4.78 is 0. The summed E-state index contributed by atoms with van der Waals surface area (Å²) in [5, 5.41) is 14.2. The van der Waals surface area contributed by atoms with E-state index in [2.05, 4.69) is 11.1 Å². The molecule has 1 aliphatic heterocycles. The predicted octanol–water partition coefficient (Wildman–Crippen LogP) is 1.82. The first-order valence-corrected chi connectivity index (χ1v) is 9.46. The van der Waals surface area contributed by atoms with E-state index < -0.39 is 11.0 Å². The average Bonchev–Trinajstić information content (AvgIpc) is 3.23. The summed E-state index contributed by atoms with van der Waals surface area (Å²) in [6, 6.07) is 11.9. The van der Waals surface area contributed by atoms with Crippen molar-refractivity contribution in [1.82, 2.24) is 4.98 Å². The van der Waals surface area contributed by atoms with Gasteiger partial charge in [0.25, 0.3) is 11.6 Å². The Kier molecular flexibility index (Phi) is 4.85. The second kappa shape index (κ2) is 7.48. The van der Waals surface area contributed by atoms with Gasteiger partial charge in [-0.15, -0.1) is 0 Å². The Morgan fingerprint density at radius 3 is 2.83 bits per heavy atom. The van der Waals surface area contributed by atoms with Crippen LogP contribution in [0.5, 0.6) is 0 Å². The van der Waals surface area contributed by atoms with Gasteiger partial charge in [-0.05, 0) is 24.6 Å². The van der Waals surface area contributed by atoms with Crippen LogP contribution in [0.3, 0.4) is 0 Å². The number of benzene rings is 2. The lowest BCUT2D eigenvalue weighted by atomic mass is 10.1. The van der Waals surface area contributed by atoms with Gasteiger partial charge in [0.2, 0.25) is 5.91 Å². The highest BCUT2D eigenvalue weighted by atomic mass is 16.6. The summed E-state index contributed by atoms with van der Waals surface area (Å²) in [5.41, 5.74) is 2.88. The summed E-state index contributed by atoms with van der Waals surface area (Å²) in [7, 11) is 0. The molecule has 8 nitrogen and oxygen atoms in total. The number of para-hydroxylation sites is 1. The van der Waals surface area contributed by atoms with Crippen molar-refractivity contribution >= 4 is 34.1 Å². The molecular formula is C21H21N4O4+. The third kappa shape index (κ3) is 3.50. The fourth-order valence-corrected chi connectivity index (χ4v) is 3.82. The van der Waals surface area contributed by atoms with E-state index in [1.165, 1.54) is 11.6 Å². The molecule has 3 aromatic rings. The second-order valence-electron chi connectivity index (χ2n) is 7.24. The van der Waals surface area contributed by atoms with Crippen LogP contribution in [-0.4, -0.2) is 34.3 Å². The number of amides is 2. The summed E-state index contributed by atoms with van der Waals surface area (Å²) >= 11 is 0. The highest BCUT2D eigenvalue weighted by Gasteiger charge is 2.42. The molecular weight excluding hydrogens is 372 g/mol. The highest BCUT2D eigenvalue weighted by Crippen LogP contribution is 2.28. The van der Waals surface area contributed by atoms with E-state index in [9.17, 15) is 19.7 Å². The normalized spacial score (nSPS) is 16.7. The second-order valence-corrected chi connectivity index (χ2v) is 7.24. The molecule has 0 unspecified atom stereocenters. The van der Waals surface area contributed by atoms with Crippen LogP contribution in [0.2, 0.25) is 0 Å². The smallest absolute Gasteiger partial charge is 0.292 e.